The second-order valence-electron chi connectivity index (χ2n) is 4.55. The first-order valence-corrected chi connectivity index (χ1v) is 7.78. The normalized spacial score (nSPS) is 20.4. The van der Waals surface area contributed by atoms with E-state index in [1.54, 1.807) is 11.8 Å². The molecule has 0 amide bonds. The maximum Gasteiger partial charge on any atom is 0.323 e. The minimum Gasteiger partial charge on any atom is -0.460 e. The number of carbonyl (C=O) groups is 1. The van der Waals surface area contributed by atoms with Gasteiger partial charge in [0.05, 0.1) is 13.2 Å². The maximum atomic E-state index is 11.7. The molecule has 1 unspecified atom stereocenters. The summed E-state index contributed by atoms with van der Waals surface area (Å²) in [6, 6.07) is -0.496. The quantitative estimate of drug-likeness (QED) is 0.676. The van der Waals surface area contributed by atoms with E-state index in [2.05, 4.69) is 4.90 Å². The first-order valence-electron chi connectivity index (χ1n) is 6.38. The van der Waals surface area contributed by atoms with Gasteiger partial charge in [0.1, 0.15) is 12.1 Å². The summed E-state index contributed by atoms with van der Waals surface area (Å²) in [5.74, 6) is 0.596. The lowest BCUT2D eigenvalue weighted by atomic mass is 10.2. The van der Waals surface area contributed by atoms with Crippen LogP contribution in [0.1, 0.15) is 13.3 Å². The molecule has 0 spiro atoms. The van der Waals surface area contributed by atoms with E-state index in [9.17, 15) is 4.79 Å². The zero-order chi connectivity index (χ0) is 13.4. The zero-order valence-corrected chi connectivity index (χ0v) is 12.1. The van der Waals surface area contributed by atoms with Crippen LogP contribution in [-0.4, -0.2) is 67.9 Å². The van der Waals surface area contributed by atoms with Crippen LogP contribution in [0.5, 0.6) is 0 Å². The number of hydrogen-bond donors (Lipinski definition) is 1. The number of nitrogens with zero attached hydrogens (tertiary/aromatic N) is 1. The van der Waals surface area contributed by atoms with Crippen LogP contribution in [0.15, 0.2) is 0 Å². The zero-order valence-electron chi connectivity index (χ0n) is 11.3. The van der Waals surface area contributed by atoms with Crippen LogP contribution in [0.25, 0.3) is 0 Å². The Morgan fingerprint density at radius 2 is 2.17 bits per heavy atom. The van der Waals surface area contributed by atoms with Crippen molar-refractivity contribution in [3.05, 3.63) is 0 Å². The Hall–Kier alpha value is -0.300. The van der Waals surface area contributed by atoms with E-state index in [1.807, 2.05) is 13.2 Å². The van der Waals surface area contributed by atoms with Gasteiger partial charge in [0.25, 0.3) is 0 Å². The van der Waals surface area contributed by atoms with Crippen LogP contribution < -0.4 is 5.73 Å². The third-order valence-electron chi connectivity index (χ3n) is 2.87. The average molecular weight is 276 g/mol. The summed E-state index contributed by atoms with van der Waals surface area (Å²) in [6.45, 7) is 5.99. The lowest BCUT2D eigenvalue weighted by molar-refractivity contribution is -0.151. The monoisotopic (exact) mass is 276 g/mol. The molecule has 106 valence electrons. The van der Waals surface area contributed by atoms with Crippen LogP contribution >= 0.6 is 11.8 Å². The fourth-order valence-electron chi connectivity index (χ4n) is 1.83. The second kappa shape index (κ2) is 8.74. The van der Waals surface area contributed by atoms with Gasteiger partial charge < -0.3 is 15.2 Å². The maximum absolute atomic E-state index is 11.7. The Kier molecular flexibility index (Phi) is 7.65. The van der Waals surface area contributed by atoms with Crippen molar-refractivity contribution in [3.63, 3.8) is 0 Å². The molecule has 0 bridgehead atoms. The van der Waals surface area contributed by atoms with E-state index < -0.39 is 6.04 Å². The van der Waals surface area contributed by atoms with Crippen molar-refractivity contribution < 1.29 is 14.3 Å². The molecule has 1 saturated heterocycles. The van der Waals surface area contributed by atoms with E-state index >= 15 is 0 Å². The molecule has 1 aliphatic heterocycles. The van der Waals surface area contributed by atoms with Crippen LogP contribution in [0.3, 0.4) is 0 Å². The Morgan fingerprint density at radius 1 is 1.50 bits per heavy atom. The number of ether oxygens (including phenoxy) is 2. The minimum atomic E-state index is -0.496. The van der Waals surface area contributed by atoms with Gasteiger partial charge in [-0.1, -0.05) is 0 Å². The third kappa shape index (κ3) is 6.04. The van der Waals surface area contributed by atoms with Crippen molar-refractivity contribution in [2.45, 2.75) is 25.5 Å². The van der Waals surface area contributed by atoms with E-state index in [-0.39, 0.29) is 12.1 Å². The van der Waals surface area contributed by atoms with Crippen molar-refractivity contribution in [3.8, 4) is 0 Å². The summed E-state index contributed by atoms with van der Waals surface area (Å²) in [7, 11) is 0. The van der Waals surface area contributed by atoms with E-state index in [0.29, 0.717) is 6.42 Å². The second-order valence-corrected chi connectivity index (χ2v) is 5.53. The van der Waals surface area contributed by atoms with Gasteiger partial charge in [-0.3, -0.25) is 9.69 Å². The number of thioether (sulfide) groups is 1. The Morgan fingerprint density at radius 3 is 2.78 bits per heavy atom. The van der Waals surface area contributed by atoms with Gasteiger partial charge in [0.15, 0.2) is 0 Å². The summed E-state index contributed by atoms with van der Waals surface area (Å²) >= 11 is 1.68. The predicted molar refractivity (Wildman–Crippen MR) is 73.8 cm³/mol. The molecule has 18 heavy (non-hydrogen) atoms. The molecule has 2 N–H and O–H groups in total. The van der Waals surface area contributed by atoms with Gasteiger partial charge in [-0.15, -0.1) is 0 Å². The van der Waals surface area contributed by atoms with Crippen molar-refractivity contribution >= 4 is 17.7 Å². The van der Waals surface area contributed by atoms with Gasteiger partial charge in [0, 0.05) is 19.6 Å². The van der Waals surface area contributed by atoms with E-state index in [1.165, 1.54) is 0 Å². The van der Waals surface area contributed by atoms with E-state index in [0.717, 1.165) is 38.6 Å². The molecule has 0 radical (unpaired) electrons. The molecular weight excluding hydrogens is 252 g/mol. The number of morpholine rings is 1. The van der Waals surface area contributed by atoms with Crippen molar-refractivity contribution in [2.24, 2.45) is 5.73 Å². The van der Waals surface area contributed by atoms with Crippen molar-refractivity contribution in [2.75, 3.05) is 44.9 Å². The van der Waals surface area contributed by atoms with Gasteiger partial charge in [0.2, 0.25) is 0 Å². The number of esters is 1. The smallest absolute Gasteiger partial charge is 0.323 e. The highest BCUT2D eigenvalue weighted by atomic mass is 32.2. The van der Waals surface area contributed by atoms with E-state index in [4.69, 9.17) is 15.2 Å². The molecule has 2 atom stereocenters. The fraction of sp³-hybridized carbons (Fsp3) is 0.917. The fourth-order valence-corrected chi connectivity index (χ4v) is 2.32. The summed E-state index contributed by atoms with van der Waals surface area (Å²) < 4.78 is 10.6. The van der Waals surface area contributed by atoms with Gasteiger partial charge >= 0.3 is 5.97 Å². The average Bonchev–Trinajstić information content (AvgIpc) is 2.36. The number of carbonyl (C=O) groups excluding carboxylic acids is 1. The number of rotatable bonds is 7. The third-order valence-corrected chi connectivity index (χ3v) is 3.52. The highest BCUT2D eigenvalue weighted by molar-refractivity contribution is 7.98. The number of nitrogens with two attached hydrogens (primary N) is 1. The standard InChI is InChI=1S/C12H24N2O3S/c1-10(9-14-4-6-16-7-5-14)17-12(15)11(13)3-8-18-2/h10-11H,3-9,13H2,1-2H3/t10?,11-/m0/s1. The molecule has 1 fully saturated rings. The Labute approximate surface area is 113 Å². The molecule has 6 heteroatoms. The van der Waals surface area contributed by atoms with Crippen LogP contribution in [0.4, 0.5) is 0 Å². The largest absolute Gasteiger partial charge is 0.460 e. The molecule has 1 heterocycles. The van der Waals surface area contributed by atoms with Crippen LogP contribution in [0.2, 0.25) is 0 Å². The highest BCUT2D eigenvalue weighted by Crippen LogP contribution is 2.05. The van der Waals surface area contributed by atoms with Gasteiger partial charge in [-0.2, -0.15) is 11.8 Å². The summed E-state index contributed by atoms with van der Waals surface area (Å²) in [5.41, 5.74) is 5.76. The minimum absolute atomic E-state index is 0.115. The predicted octanol–water partition coefficient (Wildman–Crippen LogP) is 0.331. The SMILES string of the molecule is CSCC[C@H](N)C(=O)OC(C)CN1CCOCC1. The molecule has 1 aliphatic rings. The Balaban J connectivity index is 2.21. The van der Waals surface area contributed by atoms with Crippen molar-refractivity contribution in [1.29, 1.82) is 0 Å². The molecular formula is C12H24N2O3S. The molecule has 0 saturated carbocycles. The molecule has 0 aliphatic carbocycles. The summed E-state index contributed by atoms with van der Waals surface area (Å²) in [6.07, 6.45) is 2.56. The molecule has 0 aromatic carbocycles. The van der Waals surface area contributed by atoms with Crippen LogP contribution in [-0.2, 0) is 14.3 Å². The van der Waals surface area contributed by atoms with Gasteiger partial charge in [-0.25, -0.2) is 0 Å². The summed E-state index contributed by atoms with van der Waals surface area (Å²) in [5, 5.41) is 0. The van der Waals surface area contributed by atoms with Crippen molar-refractivity contribution in [1.82, 2.24) is 4.90 Å². The Bertz CT molecular complexity index is 247. The highest BCUT2D eigenvalue weighted by Gasteiger charge is 2.20. The molecule has 1 rings (SSSR count). The molecule has 5 nitrogen and oxygen atoms in total. The molecule has 0 aromatic heterocycles. The molecule has 0 aromatic rings. The topological polar surface area (TPSA) is 64.8 Å². The summed E-state index contributed by atoms with van der Waals surface area (Å²) in [4.78, 5) is 13.9. The lowest BCUT2D eigenvalue weighted by Crippen LogP contribution is -2.43. The number of hydrogen-bond acceptors (Lipinski definition) is 6. The first-order chi connectivity index (χ1) is 8.63. The first kappa shape index (κ1) is 15.8. The van der Waals surface area contributed by atoms with Gasteiger partial charge in [-0.05, 0) is 25.4 Å². The van der Waals surface area contributed by atoms with Crippen LogP contribution in [0, 0.1) is 0 Å². The lowest BCUT2D eigenvalue weighted by Gasteiger charge is -2.29.